The number of imidazole rings is 2. The number of fused-ring (bicyclic) bond motifs is 1. The fourth-order valence-electron chi connectivity index (χ4n) is 5.04. The number of hydrogen-bond acceptors (Lipinski definition) is 5. The number of aromatic amines is 1. The van der Waals surface area contributed by atoms with Gasteiger partial charge in [0.15, 0.2) is 5.65 Å². The summed E-state index contributed by atoms with van der Waals surface area (Å²) in [4.78, 5) is 42.3. The van der Waals surface area contributed by atoms with Crippen LogP contribution in [0.5, 0.6) is 0 Å². The van der Waals surface area contributed by atoms with Crippen LogP contribution >= 0.6 is 0 Å². The van der Waals surface area contributed by atoms with Crippen molar-refractivity contribution in [3.05, 3.63) is 71.1 Å². The molecule has 0 spiro atoms. The van der Waals surface area contributed by atoms with Gasteiger partial charge in [0.2, 0.25) is 0 Å². The van der Waals surface area contributed by atoms with Gasteiger partial charge in [-0.15, -0.1) is 0 Å². The lowest BCUT2D eigenvalue weighted by atomic mass is 9.87. The van der Waals surface area contributed by atoms with Gasteiger partial charge in [0.1, 0.15) is 17.2 Å². The number of rotatable bonds is 3. The largest absolute Gasteiger partial charge is 0.338 e. The molecule has 3 aromatic heterocycles. The number of benzene rings is 1. The number of H-pyrrole nitrogens is 1. The van der Waals surface area contributed by atoms with Crippen molar-refractivity contribution in [3.8, 4) is 11.3 Å². The Kier molecular flexibility index (Phi) is 6.12. The fraction of sp³-hybridized carbons (Fsp3) is 0.414. The Morgan fingerprint density at radius 3 is 2.34 bits per heavy atom. The van der Waals surface area contributed by atoms with Crippen molar-refractivity contribution in [3.63, 3.8) is 0 Å². The van der Waals surface area contributed by atoms with E-state index in [2.05, 4.69) is 68.0 Å². The van der Waals surface area contributed by atoms with Crippen molar-refractivity contribution in [2.24, 2.45) is 0 Å². The summed E-state index contributed by atoms with van der Waals surface area (Å²) in [5.41, 5.74) is 4.76. The Morgan fingerprint density at radius 1 is 1.03 bits per heavy atom. The summed E-state index contributed by atoms with van der Waals surface area (Å²) in [5.74, 6) is 0.421. The van der Waals surface area contributed by atoms with E-state index in [9.17, 15) is 9.59 Å². The number of nitrogens with zero attached hydrogens (tertiary/aromatic N) is 6. The maximum Gasteiger partial charge on any atom is 0.274 e. The zero-order valence-electron chi connectivity index (χ0n) is 23.2. The van der Waals surface area contributed by atoms with Crippen molar-refractivity contribution in [1.29, 1.82) is 0 Å². The number of carbonyl (C=O) groups excluding carboxylic acids is 2. The van der Waals surface area contributed by atoms with Gasteiger partial charge in [0.05, 0.1) is 23.6 Å². The average molecular weight is 514 g/mol. The van der Waals surface area contributed by atoms with E-state index < -0.39 is 5.54 Å². The van der Waals surface area contributed by atoms with E-state index in [1.54, 1.807) is 21.8 Å². The molecule has 198 valence electrons. The summed E-state index contributed by atoms with van der Waals surface area (Å²) < 4.78 is 1.73. The number of hydrogen-bond donors (Lipinski definition) is 1. The quantitative estimate of drug-likeness (QED) is 0.437. The minimum absolute atomic E-state index is 0.110. The van der Waals surface area contributed by atoms with Crippen molar-refractivity contribution in [2.75, 3.05) is 19.6 Å². The molecule has 0 unspecified atom stereocenters. The van der Waals surface area contributed by atoms with E-state index in [-0.39, 0.29) is 17.2 Å². The molecule has 9 heteroatoms. The Balaban J connectivity index is 1.46. The van der Waals surface area contributed by atoms with Crippen molar-refractivity contribution < 1.29 is 9.59 Å². The number of nitrogens with one attached hydrogen (secondary N) is 1. The summed E-state index contributed by atoms with van der Waals surface area (Å²) in [6, 6.07) is 10.3. The molecule has 0 saturated carbocycles. The molecule has 1 aliphatic rings. The smallest absolute Gasteiger partial charge is 0.274 e. The van der Waals surface area contributed by atoms with E-state index in [1.807, 2.05) is 25.7 Å². The standard InChI is InChI=1S/C29H35N7O2/c1-18-8-10-20(11-9-18)22-14-21(28(3,4)5)25-32-24(16-36(25)33-22)27(38)35-13-12-34(17-29(35,6)7)26(37)23-15-30-19(2)31-23/h8-11,14-16H,12-13,17H2,1-7H3,(H,30,31). The Bertz CT molecular complexity index is 1520. The predicted molar refractivity (Wildman–Crippen MR) is 146 cm³/mol. The first kappa shape index (κ1) is 25.6. The highest BCUT2D eigenvalue weighted by Crippen LogP contribution is 2.31. The second-order valence-corrected chi connectivity index (χ2v) is 11.8. The van der Waals surface area contributed by atoms with E-state index in [0.29, 0.717) is 42.5 Å². The van der Waals surface area contributed by atoms with Gasteiger partial charge in [-0.25, -0.2) is 14.5 Å². The van der Waals surface area contributed by atoms with Crippen LogP contribution in [0, 0.1) is 13.8 Å². The summed E-state index contributed by atoms with van der Waals surface area (Å²) >= 11 is 0. The van der Waals surface area contributed by atoms with Gasteiger partial charge >= 0.3 is 0 Å². The molecule has 5 rings (SSSR count). The van der Waals surface area contributed by atoms with Crippen LogP contribution in [0.25, 0.3) is 16.9 Å². The van der Waals surface area contributed by atoms with Gasteiger partial charge < -0.3 is 14.8 Å². The number of amides is 2. The van der Waals surface area contributed by atoms with Crippen LogP contribution in [-0.2, 0) is 5.41 Å². The van der Waals surface area contributed by atoms with Gasteiger partial charge in [-0.1, -0.05) is 50.6 Å². The van der Waals surface area contributed by atoms with Crippen LogP contribution in [0.1, 0.15) is 72.5 Å². The van der Waals surface area contributed by atoms with Gasteiger partial charge in [0.25, 0.3) is 11.8 Å². The van der Waals surface area contributed by atoms with Crippen LogP contribution in [0.3, 0.4) is 0 Å². The molecular weight excluding hydrogens is 478 g/mol. The summed E-state index contributed by atoms with van der Waals surface area (Å²) in [6.45, 7) is 15.5. The van der Waals surface area contributed by atoms with E-state index in [1.165, 1.54) is 5.56 Å². The summed E-state index contributed by atoms with van der Waals surface area (Å²) in [6.07, 6.45) is 3.29. The Hall–Kier alpha value is -4.01. The van der Waals surface area contributed by atoms with Gasteiger partial charge in [-0.3, -0.25) is 9.59 Å². The summed E-state index contributed by atoms with van der Waals surface area (Å²) in [5, 5.41) is 4.83. The van der Waals surface area contributed by atoms with E-state index in [4.69, 9.17) is 10.1 Å². The normalized spacial score (nSPS) is 15.8. The maximum absolute atomic E-state index is 13.8. The second-order valence-electron chi connectivity index (χ2n) is 11.8. The zero-order valence-corrected chi connectivity index (χ0v) is 23.2. The lowest BCUT2D eigenvalue weighted by Crippen LogP contribution is -2.62. The highest BCUT2D eigenvalue weighted by Gasteiger charge is 2.40. The van der Waals surface area contributed by atoms with Crippen molar-refractivity contribution in [2.45, 2.75) is 59.4 Å². The van der Waals surface area contributed by atoms with Crippen LogP contribution in [0.15, 0.2) is 42.7 Å². The zero-order chi connectivity index (χ0) is 27.4. The SMILES string of the molecule is Cc1ccc(-c2cc(C(C)(C)C)c3nc(C(=O)N4CCN(C(=O)c5cnc(C)[nH]5)CC4(C)C)cn3n2)cc1. The number of piperazine rings is 1. The monoisotopic (exact) mass is 513 g/mol. The van der Waals surface area contributed by atoms with E-state index >= 15 is 0 Å². The molecular formula is C29H35N7O2. The molecule has 1 aliphatic heterocycles. The highest BCUT2D eigenvalue weighted by atomic mass is 16.2. The number of carbonyl (C=O) groups is 2. The minimum atomic E-state index is -0.580. The highest BCUT2D eigenvalue weighted by molar-refractivity contribution is 5.95. The molecule has 0 aliphatic carbocycles. The lowest BCUT2D eigenvalue weighted by Gasteiger charge is -2.46. The van der Waals surface area contributed by atoms with Crippen molar-refractivity contribution in [1.82, 2.24) is 34.4 Å². The van der Waals surface area contributed by atoms with Gasteiger partial charge in [0, 0.05) is 30.8 Å². The first-order valence-corrected chi connectivity index (χ1v) is 12.9. The first-order chi connectivity index (χ1) is 17.8. The molecule has 4 aromatic rings. The average Bonchev–Trinajstić information content (AvgIpc) is 3.48. The summed E-state index contributed by atoms with van der Waals surface area (Å²) in [7, 11) is 0. The van der Waals surface area contributed by atoms with Crippen LogP contribution < -0.4 is 0 Å². The maximum atomic E-state index is 13.8. The second kappa shape index (κ2) is 9.08. The molecule has 1 N–H and O–H groups in total. The molecule has 0 radical (unpaired) electrons. The van der Waals surface area contributed by atoms with Crippen LogP contribution in [0.2, 0.25) is 0 Å². The molecule has 2 amide bonds. The Morgan fingerprint density at radius 2 is 1.74 bits per heavy atom. The molecule has 0 atom stereocenters. The predicted octanol–water partition coefficient (Wildman–Crippen LogP) is 4.41. The lowest BCUT2D eigenvalue weighted by molar-refractivity contribution is 0.0163. The third kappa shape index (κ3) is 4.68. The van der Waals surface area contributed by atoms with Crippen LogP contribution in [0.4, 0.5) is 0 Å². The molecule has 38 heavy (non-hydrogen) atoms. The topological polar surface area (TPSA) is 99.5 Å². The molecule has 1 saturated heterocycles. The third-order valence-electron chi connectivity index (χ3n) is 7.17. The van der Waals surface area contributed by atoms with Gasteiger partial charge in [-0.2, -0.15) is 5.10 Å². The molecule has 9 nitrogen and oxygen atoms in total. The van der Waals surface area contributed by atoms with Crippen molar-refractivity contribution >= 4 is 17.5 Å². The number of aryl methyl sites for hydroxylation is 2. The van der Waals surface area contributed by atoms with E-state index in [0.717, 1.165) is 16.8 Å². The third-order valence-corrected chi connectivity index (χ3v) is 7.17. The molecule has 1 aromatic carbocycles. The van der Waals surface area contributed by atoms with Crippen LogP contribution in [-0.4, -0.2) is 71.4 Å². The van der Waals surface area contributed by atoms with Gasteiger partial charge in [-0.05, 0) is 39.2 Å². The number of aromatic nitrogens is 5. The molecule has 0 bridgehead atoms. The Labute approximate surface area is 222 Å². The fourth-order valence-corrected chi connectivity index (χ4v) is 5.04. The minimum Gasteiger partial charge on any atom is -0.338 e. The first-order valence-electron chi connectivity index (χ1n) is 12.9. The molecule has 1 fully saturated rings. The molecule has 4 heterocycles.